The molecule has 0 N–H and O–H groups in total. The first-order valence-corrected chi connectivity index (χ1v) is 8.21. The van der Waals surface area contributed by atoms with Crippen LogP contribution >= 0.6 is 0 Å². The first-order chi connectivity index (χ1) is 9.00. The molecule has 2 aliphatic rings. The summed E-state index contributed by atoms with van der Waals surface area (Å²) in [5.74, 6) is 2.26. The number of rotatable bonds is 2. The molecule has 2 nitrogen and oxygen atoms in total. The molecule has 19 heavy (non-hydrogen) atoms. The largest absolute Gasteiger partial charge is 0.462 e. The number of hydrogen-bond donors (Lipinski definition) is 0. The standard InChI is InChI=1S/C17H30O2/c1-11-7-5-8-12(2)15(11)17(18)19-16-13(3)9-6-10-14(16)4/h11-16H,5-10H2,1-4H3. The van der Waals surface area contributed by atoms with Crippen LogP contribution in [0.2, 0.25) is 0 Å². The van der Waals surface area contributed by atoms with E-state index in [0.717, 1.165) is 0 Å². The molecule has 2 aliphatic carbocycles. The van der Waals surface area contributed by atoms with E-state index in [-0.39, 0.29) is 18.0 Å². The third kappa shape index (κ3) is 3.32. The molecule has 2 heteroatoms. The number of ether oxygens (including phenoxy) is 1. The van der Waals surface area contributed by atoms with Gasteiger partial charge in [0.05, 0.1) is 5.92 Å². The predicted molar refractivity (Wildman–Crippen MR) is 77.7 cm³/mol. The van der Waals surface area contributed by atoms with E-state index in [1.807, 2.05) is 0 Å². The number of carbonyl (C=O) groups is 1. The Morgan fingerprint density at radius 1 is 0.789 bits per heavy atom. The van der Waals surface area contributed by atoms with Gasteiger partial charge in [-0.15, -0.1) is 0 Å². The lowest BCUT2D eigenvalue weighted by atomic mass is 9.73. The third-order valence-electron chi connectivity index (χ3n) is 5.51. The lowest BCUT2D eigenvalue weighted by Gasteiger charge is -2.38. The quantitative estimate of drug-likeness (QED) is 0.691. The Morgan fingerprint density at radius 3 is 1.68 bits per heavy atom. The molecule has 0 aromatic rings. The molecule has 2 saturated carbocycles. The molecule has 0 heterocycles. The summed E-state index contributed by atoms with van der Waals surface area (Å²) in [6.07, 6.45) is 7.48. The van der Waals surface area contributed by atoms with Crippen molar-refractivity contribution in [3.05, 3.63) is 0 Å². The van der Waals surface area contributed by atoms with Gasteiger partial charge in [0.15, 0.2) is 0 Å². The molecule has 0 saturated heterocycles. The van der Waals surface area contributed by atoms with Gasteiger partial charge < -0.3 is 4.74 Å². The fraction of sp³-hybridized carbons (Fsp3) is 0.941. The fourth-order valence-electron chi connectivity index (χ4n) is 4.24. The summed E-state index contributed by atoms with van der Waals surface area (Å²) in [5.41, 5.74) is 0. The van der Waals surface area contributed by atoms with Crippen molar-refractivity contribution in [2.24, 2.45) is 29.6 Å². The highest BCUT2D eigenvalue weighted by Gasteiger charge is 2.38. The summed E-state index contributed by atoms with van der Waals surface area (Å²) in [6, 6.07) is 0. The van der Waals surface area contributed by atoms with Gasteiger partial charge in [-0.05, 0) is 49.4 Å². The minimum absolute atomic E-state index is 0.0882. The summed E-state index contributed by atoms with van der Waals surface area (Å²) >= 11 is 0. The van der Waals surface area contributed by atoms with Crippen LogP contribution in [0, 0.1) is 29.6 Å². The van der Waals surface area contributed by atoms with E-state index in [1.54, 1.807) is 0 Å². The van der Waals surface area contributed by atoms with Crippen molar-refractivity contribution in [1.82, 2.24) is 0 Å². The molecular formula is C17H30O2. The minimum atomic E-state index is 0.0882. The van der Waals surface area contributed by atoms with Gasteiger partial charge in [-0.1, -0.05) is 40.5 Å². The summed E-state index contributed by atoms with van der Waals surface area (Å²) in [7, 11) is 0. The van der Waals surface area contributed by atoms with Crippen molar-refractivity contribution >= 4 is 5.97 Å². The maximum atomic E-state index is 12.6. The zero-order valence-corrected chi connectivity index (χ0v) is 13.0. The van der Waals surface area contributed by atoms with Gasteiger partial charge in [0.1, 0.15) is 6.10 Å². The second kappa shape index (κ2) is 6.28. The molecule has 110 valence electrons. The van der Waals surface area contributed by atoms with Crippen molar-refractivity contribution < 1.29 is 9.53 Å². The minimum Gasteiger partial charge on any atom is -0.462 e. The maximum Gasteiger partial charge on any atom is 0.309 e. The Balaban J connectivity index is 1.99. The number of hydrogen-bond acceptors (Lipinski definition) is 2. The van der Waals surface area contributed by atoms with Crippen molar-refractivity contribution in [1.29, 1.82) is 0 Å². The van der Waals surface area contributed by atoms with E-state index in [1.165, 1.54) is 38.5 Å². The second-order valence-corrected chi connectivity index (χ2v) is 7.20. The second-order valence-electron chi connectivity index (χ2n) is 7.20. The molecule has 0 bridgehead atoms. The molecule has 0 aromatic carbocycles. The highest BCUT2D eigenvalue weighted by Crippen LogP contribution is 2.37. The molecular weight excluding hydrogens is 236 g/mol. The van der Waals surface area contributed by atoms with E-state index in [4.69, 9.17) is 4.74 Å². The smallest absolute Gasteiger partial charge is 0.309 e. The third-order valence-corrected chi connectivity index (χ3v) is 5.51. The van der Waals surface area contributed by atoms with Crippen molar-refractivity contribution in [3.8, 4) is 0 Å². The van der Waals surface area contributed by atoms with Gasteiger partial charge in [0.2, 0.25) is 0 Å². The molecule has 0 aromatic heterocycles. The Hall–Kier alpha value is -0.530. The fourth-order valence-corrected chi connectivity index (χ4v) is 4.24. The first-order valence-electron chi connectivity index (χ1n) is 8.21. The summed E-state index contributed by atoms with van der Waals surface area (Å²) in [5, 5.41) is 0. The average Bonchev–Trinajstić information content (AvgIpc) is 2.34. The molecule has 0 spiro atoms. The summed E-state index contributed by atoms with van der Waals surface area (Å²) in [4.78, 5) is 12.6. The maximum absolute atomic E-state index is 12.6. The molecule has 4 unspecified atom stereocenters. The van der Waals surface area contributed by atoms with Crippen LogP contribution in [0.5, 0.6) is 0 Å². The summed E-state index contributed by atoms with van der Waals surface area (Å²) in [6.45, 7) is 8.91. The van der Waals surface area contributed by atoms with Crippen molar-refractivity contribution in [2.75, 3.05) is 0 Å². The van der Waals surface area contributed by atoms with Gasteiger partial charge >= 0.3 is 5.97 Å². The lowest BCUT2D eigenvalue weighted by molar-refractivity contribution is -0.167. The predicted octanol–water partition coefficient (Wildman–Crippen LogP) is 4.43. The number of esters is 1. The molecule has 0 radical (unpaired) electrons. The molecule has 2 fully saturated rings. The van der Waals surface area contributed by atoms with Crippen molar-refractivity contribution in [2.45, 2.75) is 72.3 Å². The zero-order valence-electron chi connectivity index (χ0n) is 13.0. The van der Waals surface area contributed by atoms with Crippen LogP contribution in [0.15, 0.2) is 0 Å². The Morgan fingerprint density at radius 2 is 1.21 bits per heavy atom. The molecule has 0 aliphatic heterocycles. The van der Waals surface area contributed by atoms with Crippen LogP contribution < -0.4 is 0 Å². The van der Waals surface area contributed by atoms with Crippen LogP contribution in [-0.2, 0) is 9.53 Å². The molecule has 2 rings (SSSR count). The normalized spacial score (nSPS) is 43.8. The lowest BCUT2D eigenvalue weighted by Crippen LogP contribution is -2.40. The van der Waals surface area contributed by atoms with Crippen LogP contribution in [0.3, 0.4) is 0 Å². The van der Waals surface area contributed by atoms with E-state index in [0.29, 0.717) is 23.7 Å². The van der Waals surface area contributed by atoms with E-state index >= 15 is 0 Å². The Kier molecular flexibility index (Phi) is 4.92. The number of carbonyl (C=O) groups excluding carboxylic acids is 1. The molecule has 4 atom stereocenters. The van der Waals surface area contributed by atoms with Gasteiger partial charge in [-0.2, -0.15) is 0 Å². The van der Waals surface area contributed by atoms with Gasteiger partial charge in [-0.3, -0.25) is 4.79 Å². The topological polar surface area (TPSA) is 26.3 Å². The first kappa shape index (κ1) is 14.9. The van der Waals surface area contributed by atoms with Crippen molar-refractivity contribution in [3.63, 3.8) is 0 Å². The van der Waals surface area contributed by atoms with Gasteiger partial charge in [-0.25, -0.2) is 0 Å². The van der Waals surface area contributed by atoms with Crippen LogP contribution in [0.1, 0.15) is 66.2 Å². The van der Waals surface area contributed by atoms with Gasteiger partial charge in [0, 0.05) is 0 Å². The van der Waals surface area contributed by atoms with E-state index < -0.39 is 0 Å². The van der Waals surface area contributed by atoms with E-state index in [2.05, 4.69) is 27.7 Å². The zero-order chi connectivity index (χ0) is 14.0. The molecule has 0 amide bonds. The Labute approximate surface area is 118 Å². The SMILES string of the molecule is CC1CCCC(C)C1OC(=O)C1C(C)CCCC1C. The summed E-state index contributed by atoms with van der Waals surface area (Å²) < 4.78 is 5.96. The van der Waals surface area contributed by atoms with Gasteiger partial charge in [0.25, 0.3) is 0 Å². The highest BCUT2D eigenvalue weighted by molar-refractivity contribution is 5.73. The van der Waals surface area contributed by atoms with Crippen LogP contribution in [-0.4, -0.2) is 12.1 Å². The van der Waals surface area contributed by atoms with Crippen LogP contribution in [0.4, 0.5) is 0 Å². The highest BCUT2D eigenvalue weighted by atomic mass is 16.5. The monoisotopic (exact) mass is 266 g/mol. The average molecular weight is 266 g/mol. The van der Waals surface area contributed by atoms with Crippen LogP contribution in [0.25, 0.3) is 0 Å². The Bertz CT molecular complexity index is 292. The van der Waals surface area contributed by atoms with E-state index in [9.17, 15) is 4.79 Å².